The molecule has 1 aliphatic rings. The summed E-state index contributed by atoms with van der Waals surface area (Å²) in [5, 5.41) is 3.08. The maximum atomic E-state index is 12.6. The quantitative estimate of drug-likeness (QED) is 0.872. The normalized spacial score (nSPS) is 14.6. The van der Waals surface area contributed by atoms with Crippen molar-refractivity contribution < 1.29 is 13.2 Å². The zero-order valence-corrected chi connectivity index (χ0v) is 16.7. The number of anilines is 2. The van der Waals surface area contributed by atoms with E-state index in [-0.39, 0.29) is 17.5 Å². The number of nitrogens with zero attached hydrogens (tertiary/aromatic N) is 2. The number of fused-ring (bicyclic) bond motifs is 1. The van der Waals surface area contributed by atoms with Crippen LogP contribution in [0, 0.1) is 0 Å². The number of aryl methyl sites for hydroxylation is 1. The number of aromatic nitrogens is 1. The van der Waals surface area contributed by atoms with E-state index in [9.17, 15) is 13.2 Å². The van der Waals surface area contributed by atoms with Crippen molar-refractivity contribution in [1.82, 2.24) is 4.98 Å². The van der Waals surface area contributed by atoms with E-state index in [0.29, 0.717) is 12.2 Å². The molecule has 1 amide bonds. The molecule has 6 nitrogen and oxygen atoms in total. The number of rotatable bonds is 4. The van der Waals surface area contributed by atoms with Crippen LogP contribution in [0.2, 0.25) is 0 Å². The van der Waals surface area contributed by atoms with Gasteiger partial charge in [-0.3, -0.25) is 4.79 Å². The van der Waals surface area contributed by atoms with Gasteiger partial charge in [0.05, 0.1) is 23.2 Å². The van der Waals surface area contributed by atoms with E-state index in [0.717, 1.165) is 18.5 Å². The number of hydrogen-bond acceptors (Lipinski definition) is 5. The van der Waals surface area contributed by atoms with Gasteiger partial charge in [0.25, 0.3) is 0 Å². The summed E-state index contributed by atoms with van der Waals surface area (Å²) in [6, 6.07) is 11.1. The Hall–Kier alpha value is -2.41. The molecule has 144 valence electrons. The van der Waals surface area contributed by atoms with Crippen LogP contribution >= 0.6 is 0 Å². The van der Waals surface area contributed by atoms with E-state index >= 15 is 0 Å². The predicted molar refractivity (Wildman–Crippen MR) is 107 cm³/mol. The number of hydrogen-bond donors (Lipinski definition) is 1. The number of amides is 1. The third-order valence-corrected chi connectivity index (χ3v) is 7.08. The molecule has 2 heterocycles. The van der Waals surface area contributed by atoms with Crippen molar-refractivity contribution in [2.45, 2.75) is 43.4 Å². The van der Waals surface area contributed by atoms with Crippen LogP contribution in [-0.2, 0) is 21.1 Å². The fraction of sp³-hybridized carbons (Fsp3) is 0.400. The number of sulfone groups is 1. The van der Waals surface area contributed by atoms with Crippen LogP contribution in [0.1, 0.15) is 32.8 Å². The Bertz CT molecular complexity index is 932. The minimum absolute atomic E-state index is 0.0199. The highest BCUT2D eigenvalue weighted by atomic mass is 32.2. The molecule has 0 spiro atoms. The number of nitrogens with one attached hydrogen (secondary N) is 1. The first kappa shape index (κ1) is 19.4. The Balaban J connectivity index is 1.67. The van der Waals surface area contributed by atoms with Crippen molar-refractivity contribution in [1.29, 1.82) is 0 Å². The lowest BCUT2D eigenvalue weighted by Gasteiger charge is -2.29. The predicted octanol–water partition coefficient (Wildman–Crippen LogP) is 3.05. The Morgan fingerprint density at radius 3 is 2.59 bits per heavy atom. The molecule has 2 aromatic rings. The maximum absolute atomic E-state index is 12.6. The second-order valence-electron chi connectivity index (χ2n) is 7.63. The molecule has 1 aromatic carbocycles. The summed E-state index contributed by atoms with van der Waals surface area (Å²) in [5.41, 5.74) is 2.78. The summed E-state index contributed by atoms with van der Waals surface area (Å²) in [6.07, 6.45) is 3.39. The molecule has 0 unspecified atom stereocenters. The Morgan fingerprint density at radius 1 is 1.19 bits per heavy atom. The van der Waals surface area contributed by atoms with E-state index in [1.54, 1.807) is 31.7 Å². The molecule has 0 saturated heterocycles. The molecule has 0 radical (unpaired) electrons. The second-order valence-corrected chi connectivity index (χ2v) is 10.3. The van der Waals surface area contributed by atoms with E-state index in [2.05, 4.69) is 16.4 Å². The molecule has 1 aromatic heterocycles. The summed E-state index contributed by atoms with van der Waals surface area (Å²) < 4.78 is 23.9. The van der Waals surface area contributed by atoms with Crippen LogP contribution in [0.5, 0.6) is 0 Å². The highest BCUT2D eigenvalue weighted by molar-refractivity contribution is 7.92. The second kappa shape index (κ2) is 7.31. The largest absolute Gasteiger partial charge is 0.375 e. The van der Waals surface area contributed by atoms with Gasteiger partial charge in [0.15, 0.2) is 14.9 Å². The summed E-state index contributed by atoms with van der Waals surface area (Å²) in [6.45, 7) is 5.77. The lowest BCUT2D eigenvalue weighted by Crippen LogP contribution is -2.39. The van der Waals surface area contributed by atoms with E-state index in [1.165, 1.54) is 17.8 Å². The van der Waals surface area contributed by atoms with Crippen LogP contribution in [-0.4, -0.2) is 37.1 Å². The molecule has 0 aliphatic carbocycles. The minimum atomic E-state index is -3.49. The number of carbonyl (C=O) groups excluding carboxylic acids is 1. The monoisotopic (exact) mass is 387 g/mol. The highest BCUT2D eigenvalue weighted by Gasteiger charge is 2.32. The van der Waals surface area contributed by atoms with Gasteiger partial charge in [0, 0.05) is 12.2 Å². The molecular formula is C20H25N3O3S. The SMILES string of the molecule is CC(C)(C)S(=O)(=O)c1ccc(NCC(=O)N2CCCc3ccccc32)cn1. The molecule has 1 aliphatic heterocycles. The van der Waals surface area contributed by atoms with Crippen LogP contribution in [0.3, 0.4) is 0 Å². The third kappa shape index (κ3) is 3.98. The average molecular weight is 388 g/mol. The van der Waals surface area contributed by atoms with Crippen LogP contribution in [0.4, 0.5) is 11.4 Å². The third-order valence-electron chi connectivity index (χ3n) is 4.67. The summed E-state index contributed by atoms with van der Waals surface area (Å²) >= 11 is 0. The first-order valence-corrected chi connectivity index (χ1v) is 10.5. The number of benzene rings is 1. The van der Waals surface area contributed by atoms with E-state index in [4.69, 9.17) is 0 Å². The summed E-state index contributed by atoms with van der Waals surface area (Å²) in [5.74, 6) is -0.0199. The van der Waals surface area contributed by atoms with Gasteiger partial charge in [0.1, 0.15) is 0 Å². The molecule has 3 rings (SSSR count). The van der Waals surface area contributed by atoms with Crippen molar-refractivity contribution in [3.63, 3.8) is 0 Å². The fourth-order valence-electron chi connectivity index (χ4n) is 3.02. The molecule has 0 fully saturated rings. The molecule has 0 bridgehead atoms. The van der Waals surface area contributed by atoms with Gasteiger partial charge in [-0.1, -0.05) is 18.2 Å². The van der Waals surface area contributed by atoms with Crippen molar-refractivity contribution in [2.24, 2.45) is 0 Å². The Kier molecular flexibility index (Phi) is 5.24. The summed E-state index contributed by atoms with van der Waals surface area (Å²) in [4.78, 5) is 18.5. The van der Waals surface area contributed by atoms with Gasteiger partial charge in [-0.05, 0) is 57.4 Å². The average Bonchev–Trinajstić information content (AvgIpc) is 2.65. The Labute approximate surface area is 160 Å². The van der Waals surface area contributed by atoms with Gasteiger partial charge >= 0.3 is 0 Å². The Morgan fingerprint density at radius 2 is 1.93 bits per heavy atom. The molecule has 0 atom stereocenters. The van der Waals surface area contributed by atoms with Crippen LogP contribution in [0.15, 0.2) is 47.6 Å². The lowest BCUT2D eigenvalue weighted by molar-refractivity contribution is -0.117. The highest BCUT2D eigenvalue weighted by Crippen LogP contribution is 2.27. The van der Waals surface area contributed by atoms with E-state index in [1.807, 2.05) is 18.2 Å². The smallest absolute Gasteiger partial charge is 0.246 e. The molecule has 1 N–H and O–H groups in total. The van der Waals surface area contributed by atoms with Gasteiger partial charge in [-0.15, -0.1) is 0 Å². The standard InChI is InChI=1S/C20H25N3O3S/c1-20(2,3)27(25,26)18-11-10-16(13-22-18)21-14-19(24)23-12-6-8-15-7-4-5-9-17(15)23/h4-5,7,9-11,13,21H,6,8,12,14H2,1-3H3. The van der Waals surface area contributed by atoms with Gasteiger partial charge in [-0.25, -0.2) is 13.4 Å². The molecule has 7 heteroatoms. The molecular weight excluding hydrogens is 362 g/mol. The fourth-order valence-corrected chi connectivity index (χ4v) is 4.09. The minimum Gasteiger partial charge on any atom is -0.375 e. The zero-order valence-electron chi connectivity index (χ0n) is 15.9. The number of para-hydroxylation sites is 1. The van der Waals surface area contributed by atoms with Gasteiger partial charge in [0.2, 0.25) is 5.91 Å². The molecule has 27 heavy (non-hydrogen) atoms. The van der Waals surface area contributed by atoms with E-state index < -0.39 is 14.6 Å². The van der Waals surface area contributed by atoms with Crippen molar-refractivity contribution in [2.75, 3.05) is 23.3 Å². The zero-order chi connectivity index (χ0) is 19.7. The summed E-state index contributed by atoms with van der Waals surface area (Å²) in [7, 11) is -3.49. The van der Waals surface area contributed by atoms with Crippen molar-refractivity contribution in [3.8, 4) is 0 Å². The van der Waals surface area contributed by atoms with Crippen LogP contribution in [0.25, 0.3) is 0 Å². The maximum Gasteiger partial charge on any atom is 0.246 e. The number of carbonyl (C=O) groups is 1. The van der Waals surface area contributed by atoms with Crippen LogP contribution < -0.4 is 10.2 Å². The topological polar surface area (TPSA) is 79.4 Å². The van der Waals surface area contributed by atoms with Gasteiger partial charge in [-0.2, -0.15) is 0 Å². The van der Waals surface area contributed by atoms with Gasteiger partial charge < -0.3 is 10.2 Å². The van der Waals surface area contributed by atoms with Crippen molar-refractivity contribution in [3.05, 3.63) is 48.2 Å². The molecule has 0 saturated carbocycles. The van der Waals surface area contributed by atoms with Crippen molar-refractivity contribution >= 4 is 27.1 Å². The first-order valence-electron chi connectivity index (χ1n) is 9.03. The first-order chi connectivity index (χ1) is 12.7. The number of pyridine rings is 1. The lowest BCUT2D eigenvalue weighted by atomic mass is 10.0.